The molecule has 44 heavy (non-hydrogen) atoms. The van der Waals surface area contributed by atoms with Crippen LogP contribution in [0.4, 0.5) is 11.4 Å². The van der Waals surface area contributed by atoms with Gasteiger partial charge >= 0.3 is 11.9 Å². The highest BCUT2D eigenvalue weighted by Crippen LogP contribution is 2.42. The number of aromatic hydroxyl groups is 2. The summed E-state index contributed by atoms with van der Waals surface area (Å²) in [5, 5.41) is 42.4. The van der Waals surface area contributed by atoms with E-state index in [1.165, 1.54) is 12.1 Å². The second kappa shape index (κ2) is 13.4. The molecule has 228 valence electrons. The number of thiocarbonyl (C=S) groups is 2. The van der Waals surface area contributed by atoms with E-state index < -0.39 is 58.2 Å². The minimum atomic E-state index is -1.38. The molecular weight excluding hydrogens is 657 g/mol. The quantitative estimate of drug-likeness (QED) is 0.121. The molecule has 2 aromatic carbocycles. The minimum Gasteiger partial charge on any atom is -0.507 e. The van der Waals surface area contributed by atoms with E-state index >= 15 is 0 Å². The van der Waals surface area contributed by atoms with Crippen molar-refractivity contribution in [1.29, 1.82) is 0 Å². The largest absolute Gasteiger partial charge is 0.507 e. The third-order valence-corrected chi connectivity index (χ3v) is 9.08. The van der Waals surface area contributed by atoms with E-state index in [1.54, 1.807) is 0 Å². The van der Waals surface area contributed by atoms with Crippen LogP contribution in [0.3, 0.4) is 0 Å². The minimum absolute atomic E-state index is 0.0228. The van der Waals surface area contributed by atoms with Crippen LogP contribution >= 0.6 is 48.0 Å². The van der Waals surface area contributed by atoms with Crippen molar-refractivity contribution >= 4 is 104 Å². The number of thioether (sulfide) groups is 2. The van der Waals surface area contributed by atoms with Gasteiger partial charge in [-0.2, -0.15) is 0 Å². The summed E-state index contributed by atoms with van der Waals surface area (Å²) >= 11 is 12.3. The Bertz CT molecular complexity index is 1570. The van der Waals surface area contributed by atoms with Crippen LogP contribution in [0.25, 0.3) is 0 Å². The maximum Gasteiger partial charge on any atom is 0.339 e. The molecule has 2 aliphatic rings. The van der Waals surface area contributed by atoms with Crippen LogP contribution in [0.5, 0.6) is 11.5 Å². The average molecular weight is 677 g/mol. The molecule has 2 aromatic rings. The van der Waals surface area contributed by atoms with Crippen LogP contribution < -0.4 is 10.6 Å². The summed E-state index contributed by atoms with van der Waals surface area (Å²) in [6, 6.07) is 7.04. The van der Waals surface area contributed by atoms with Crippen molar-refractivity contribution in [3.8, 4) is 11.5 Å². The normalized spacial score (nSPS) is 16.5. The molecule has 18 heteroatoms. The molecule has 0 spiro atoms. The second-order valence-corrected chi connectivity index (χ2v) is 12.3. The smallest absolute Gasteiger partial charge is 0.339 e. The van der Waals surface area contributed by atoms with Crippen LogP contribution in [-0.4, -0.2) is 87.5 Å². The van der Waals surface area contributed by atoms with Crippen molar-refractivity contribution in [3.63, 3.8) is 0 Å². The van der Waals surface area contributed by atoms with Crippen molar-refractivity contribution < 1.29 is 49.2 Å². The molecule has 0 aromatic heterocycles. The van der Waals surface area contributed by atoms with Gasteiger partial charge in [0.25, 0.3) is 11.8 Å². The zero-order valence-corrected chi connectivity index (χ0v) is 25.3. The Labute approximate surface area is 267 Å². The molecular formula is C26H20N4O10S4. The van der Waals surface area contributed by atoms with Crippen molar-refractivity contribution in [2.24, 2.45) is 0 Å². The van der Waals surface area contributed by atoms with Gasteiger partial charge in [-0.3, -0.25) is 29.0 Å². The number of anilines is 2. The Balaban J connectivity index is 1.35. The zero-order valence-electron chi connectivity index (χ0n) is 22.1. The van der Waals surface area contributed by atoms with Gasteiger partial charge in [-0.25, -0.2) is 9.59 Å². The summed E-state index contributed by atoms with van der Waals surface area (Å²) < 4.78 is 0.213. The fraction of sp³-hybridized carbons (Fsp3) is 0.154. The van der Waals surface area contributed by atoms with E-state index in [1.807, 2.05) is 0 Å². The number of carbonyl (C=O) groups is 6. The summed E-state index contributed by atoms with van der Waals surface area (Å²) in [7, 11) is 0. The highest BCUT2D eigenvalue weighted by Gasteiger charge is 2.42. The summed E-state index contributed by atoms with van der Waals surface area (Å²) in [4.78, 5) is 75.9. The summed E-state index contributed by atoms with van der Waals surface area (Å²) in [6.45, 7) is -0.267. The van der Waals surface area contributed by atoms with Gasteiger partial charge < -0.3 is 31.1 Å². The number of benzene rings is 2. The van der Waals surface area contributed by atoms with Gasteiger partial charge in [0.05, 0.1) is 9.81 Å². The zero-order chi connectivity index (χ0) is 32.3. The first-order chi connectivity index (χ1) is 20.8. The Morgan fingerprint density at radius 2 is 1.05 bits per heavy atom. The predicted molar refractivity (Wildman–Crippen MR) is 167 cm³/mol. The molecule has 2 aliphatic heterocycles. The summed E-state index contributed by atoms with van der Waals surface area (Å²) in [6.07, 6.45) is -0.428. The molecule has 2 heterocycles. The Hall–Kier alpha value is -4.52. The van der Waals surface area contributed by atoms with Crippen LogP contribution in [-0.2, 0) is 19.2 Å². The summed E-state index contributed by atoms with van der Waals surface area (Å²) in [5.74, 6) is -6.02. The van der Waals surface area contributed by atoms with Crippen LogP contribution in [0.15, 0.2) is 46.2 Å². The van der Waals surface area contributed by atoms with Crippen molar-refractivity contribution in [2.45, 2.75) is 12.8 Å². The monoisotopic (exact) mass is 676 g/mol. The highest BCUT2D eigenvalue weighted by atomic mass is 32.2. The van der Waals surface area contributed by atoms with Gasteiger partial charge in [-0.15, -0.1) is 0 Å². The van der Waals surface area contributed by atoms with Crippen LogP contribution in [0.2, 0.25) is 0 Å². The van der Waals surface area contributed by atoms with Gasteiger partial charge in [0.2, 0.25) is 11.8 Å². The number of rotatable bonds is 10. The lowest BCUT2D eigenvalue weighted by Gasteiger charge is -2.15. The average Bonchev–Trinajstić information content (AvgIpc) is 3.40. The first-order valence-electron chi connectivity index (χ1n) is 12.3. The lowest BCUT2D eigenvalue weighted by atomic mass is 10.1. The van der Waals surface area contributed by atoms with E-state index in [0.717, 1.165) is 57.6 Å². The first-order valence-corrected chi connectivity index (χ1v) is 14.8. The number of hydrogen-bond donors (Lipinski definition) is 6. The number of carboxylic acid groups (broad SMARTS) is 2. The second-order valence-electron chi connectivity index (χ2n) is 8.98. The van der Waals surface area contributed by atoms with Crippen LogP contribution in [0, 0.1) is 0 Å². The SMILES string of the molecule is O=C(CCN1C(=O)C(=C2SC(=S)N(CCC(=O)Nc3ccc(O)c(C(=O)O)c3)C2=O)SC1=S)Nc1ccc(O)c(C(=O)O)c1. The molecule has 0 radical (unpaired) electrons. The van der Waals surface area contributed by atoms with Gasteiger partial charge in [-0.05, 0) is 36.4 Å². The molecule has 14 nitrogen and oxygen atoms in total. The fourth-order valence-corrected chi connectivity index (χ4v) is 6.67. The molecule has 0 atom stereocenters. The van der Waals surface area contributed by atoms with E-state index in [4.69, 9.17) is 34.6 Å². The van der Waals surface area contributed by atoms with Gasteiger partial charge in [0, 0.05) is 37.3 Å². The maximum absolute atomic E-state index is 13.1. The number of hydrogen-bond acceptors (Lipinski definition) is 12. The topological polar surface area (TPSA) is 214 Å². The summed E-state index contributed by atoms with van der Waals surface area (Å²) in [5.41, 5.74) is -0.546. The van der Waals surface area contributed by atoms with E-state index in [-0.39, 0.29) is 55.8 Å². The molecule has 6 N–H and O–H groups in total. The fourth-order valence-electron chi connectivity index (χ4n) is 3.90. The van der Waals surface area contributed by atoms with Crippen molar-refractivity contribution in [3.05, 3.63) is 57.3 Å². The molecule has 0 bridgehead atoms. The maximum atomic E-state index is 13.1. The van der Waals surface area contributed by atoms with Crippen LogP contribution in [0.1, 0.15) is 33.6 Å². The van der Waals surface area contributed by atoms with E-state index in [9.17, 15) is 39.0 Å². The number of amides is 4. The Kier molecular flexibility index (Phi) is 9.88. The number of aromatic carboxylic acids is 2. The van der Waals surface area contributed by atoms with Gasteiger partial charge in [0.1, 0.15) is 31.3 Å². The van der Waals surface area contributed by atoms with Crippen molar-refractivity contribution in [1.82, 2.24) is 9.80 Å². The lowest BCUT2D eigenvalue weighted by molar-refractivity contribution is -0.125. The molecule has 4 rings (SSSR count). The Morgan fingerprint density at radius 1 is 0.682 bits per heavy atom. The number of carboxylic acids is 2. The third kappa shape index (κ3) is 7.16. The number of carbonyl (C=O) groups excluding carboxylic acids is 4. The van der Waals surface area contributed by atoms with Gasteiger partial charge in [0.15, 0.2) is 0 Å². The molecule has 0 saturated carbocycles. The lowest BCUT2D eigenvalue weighted by Crippen LogP contribution is -2.33. The molecule has 0 aliphatic carbocycles. The highest BCUT2D eigenvalue weighted by molar-refractivity contribution is 8.29. The molecule has 2 fully saturated rings. The third-order valence-electron chi connectivity index (χ3n) is 6.05. The molecule has 2 saturated heterocycles. The molecule has 0 unspecified atom stereocenters. The standard InChI is InChI=1S/C26H20N4O10S4/c31-15-3-1-11(9-13(15)23(37)38)27-17(33)5-7-29-21(35)19(43-25(29)41)20-22(36)30(26(42)44-20)8-6-18(34)28-12-2-4-16(32)14(10-12)24(39)40/h1-4,9-10,31-32H,5-8H2,(H,27,33)(H,28,34)(H,37,38)(H,39,40). The van der Waals surface area contributed by atoms with E-state index in [0.29, 0.717) is 0 Å². The number of nitrogens with zero attached hydrogens (tertiary/aromatic N) is 2. The van der Waals surface area contributed by atoms with Crippen molar-refractivity contribution in [2.75, 3.05) is 23.7 Å². The van der Waals surface area contributed by atoms with Gasteiger partial charge in [-0.1, -0.05) is 48.0 Å². The number of phenols is 2. The van der Waals surface area contributed by atoms with E-state index in [2.05, 4.69) is 10.6 Å². The first kappa shape index (κ1) is 32.4. The number of nitrogens with one attached hydrogen (secondary N) is 2. The Morgan fingerprint density at radius 3 is 1.39 bits per heavy atom. The molecule has 4 amide bonds. The predicted octanol–water partition coefficient (Wildman–Crippen LogP) is 2.78.